The third-order valence-electron chi connectivity index (χ3n) is 3.05. The van der Waals surface area contributed by atoms with E-state index in [4.69, 9.17) is 9.84 Å². The summed E-state index contributed by atoms with van der Waals surface area (Å²) in [6, 6.07) is 4.77. The summed E-state index contributed by atoms with van der Waals surface area (Å²) in [5.74, 6) is -0.984. The molecule has 0 atom stereocenters. The van der Waals surface area contributed by atoms with Crippen molar-refractivity contribution in [2.24, 2.45) is 0 Å². The second-order valence-corrected chi connectivity index (χ2v) is 4.83. The van der Waals surface area contributed by atoms with Crippen LogP contribution >= 0.6 is 0 Å². The van der Waals surface area contributed by atoms with Gasteiger partial charge in [-0.25, -0.2) is 4.79 Å². The fourth-order valence-corrected chi connectivity index (χ4v) is 1.99. The lowest BCUT2D eigenvalue weighted by Crippen LogP contribution is -2.27. The third kappa shape index (κ3) is 3.85. The number of carboxylic acids is 1. The molecule has 0 saturated heterocycles. The van der Waals surface area contributed by atoms with Crippen molar-refractivity contribution in [3.63, 3.8) is 0 Å². The second-order valence-electron chi connectivity index (χ2n) is 4.83. The number of methoxy groups -OCH3 is 1. The van der Waals surface area contributed by atoms with Crippen LogP contribution in [0.3, 0.4) is 0 Å². The third-order valence-corrected chi connectivity index (χ3v) is 3.05. The zero-order chi connectivity index (χ0) is 16.1. The Kier molecular flexibility index (Phi) is 4.77. The molecule has 0 saturated carbocycles. The van der Waals surface area contributed by atoms with E-state index in [9.17, 15) is 9.59 Å². The van der Waals surface area contributed by atoms with Crippen LogP contribution in [0.5, 0.6) is 5.75 Å². The summed E-state index contributed by atoms with van der Waals surface area (Å²) in [5.41, 5.74) is 1.73. The predicted octanol–water partition coefficient (Wildman–Crippen LogP) is 1.21. The molecule has 7 nitrogen and oxygen atoms in total. The largest absolute Gasteiger partial charge is 0.496 e. The fourth-order valence-electron chi connectivity index (χ4n) is 1.99. The number of nitrogens with zero attached hydrogens (tertiary/aromatic N) is 2. The van der Waals surface area contributed by atoms with Crippen LogP contribution in [0.15, 0.2) is 30.6 Å². The Bertz CT molecular complexity index is 694. The molecule has 0 bridgehead atoms. The van der Waals surface area contributed by atoms with Crippen LogP contribution in [0.4, 0.5) is 0 Å². The summed E-state index contributed by atoms with van der Waals surface area (Å²) in [4.78, 5) is 23.0. The summed E-state index contributed by atoms with van der Waals surface area (Å²) in [6.07, 6.45) is 3.45. The van der Waals surface area contributed by atoms with Gasteiger partial charge in [0, 0.05) is 12.7 Å². The molecule has 22 heavy (non-hydrogen) atoms. The highest BCUT2D eigenvalue weighted by Gasteiger charge is 2.12. The van der Waals surface area contributed by atoms with Gasteiger partial charge < -0.3 is 15.2 Å². The van der Waals surface area contributed by atoms with Crippen molar-refractivity contribution in [1.29, 1.82) is 0 Å². The van der Waals surface area contributed by atoms with E-state index in [-0.39, 0.29) is 30.3 Å². The van der Waals surface area contributed by atoms with E-state index >= 15 is 0 Å². The Morgan fingerprint density at radius 3 is 2.77 bits per heavy atom. The molecular weight excluding hydrogens is 286 g/mol. The quantitative estimate of drug-likeness (QED) is 0.836. The summed E-state index contributed by atoms with van der Waals surface area (Å²) in [5, 5.41) is 15.9. The van der Waals surface area contributed by atoms with Gasteiger partial charge in [-0.15, -0.1) is 0 Å². The monoisotopic (exact) mass is 303 g/mol. The van der Waals surface area contributed by atoms with Gasteiger partial charge in [0.2, 0.25) is 5.91 Å². The van der Waals surface area contributed by atoms with E-state index in [2.05, 4.69) is 10.4 Å². The van der Waals surface area contributed by atoms with Gasteiger partial charge in [0.1, 0.15) is 17.9 Å². The lowest BCUT2D eigenvalue weighted by Gasteiger charge is -2.09. The molecule has 2 rings (SSSR count). The molecule has 0 aliphatic rings. The van der Waals surface area contributed by atoms with Crippen LogP contribution in [-0.4, -0.2) is 33.9 Å². The molecule has 0 radical (unpaired) electrons. The number of hydrogen-bond donors (Lipinski definition) is 2. The molecule has 1 aromatic carbocycles. The number of aromatic carboxylic acids is 1. The Labute approximate surface area is 127 Å². The van der Waals surface area contributed by atoms with E-state index in [0.29, 0.717) is 5.56 Å². The maximum atomic E-state index is 11.8. The average molecular weight is 303 g/mol. The zero-order valence-electron chi connectivity index (χ0n) is 12.4. The highest BCUT2D eigenvalue weighted by molar-refractivity contribution is 5.91. The smallest absolute Gasteiger partial charge is 0.339 e. The molecule has 1 amide bonds. The molecule has 0 spiro atoms. The Balaban J connectivity index is 1.97. The van der Waals surface area contributed by atoms with Crippen LogP contribution in [0.25, 0.3) is 0 Å². The number of nitrogens with one attached hydrogen (secondary N) is 1. The van der Waals surface area contributed by atoms with Gasteiger partial charge in [0.05, 0.1) is 13.3 Å². The molecule has 116 valence electrons. The molecule has 0 aliphatic heterocycles. The van der Waals surface area contributed by atoms with Gasteiger partial charge in [-0.3, -0.25) is 9.48 Å². The molecule has 2 aromatic rings. The Hall–Kier alpha value is -2.83. The van der Waals surface area contributed by atoms with Crippen LogP contribution in [0, 0.1) is 6.92 Å². The van der Waals surface area contributed by atoms with Crippen molar-refractivity contribution in [3.8, 4) is 5.75 Å². The van der Waals surface area contributed by atoms with Gasteiger partial charge >= 0.3 is 5.97 Å². The van der Waals surface area contributed by atoms with Crippen molar-refractivity contribution >= 4 is 11.9 Å². The number of hydrogen-bond acceptors (Lipinski definition) is 4. The van der Waals surface area contributed by atoms with E-state index in [1.54, 1.807) is 29.2 Å². The lowest BCUT2D eigenvalue weighted by molar-refractivity contribution is -0.122. The number of carbonyl (C=O) groups is 2. The maximum absolute atomic E-state index is 11.8. The summed E-state index contributed by atoms with van der Waals surface area (Å²) in [6.45, 7) is 2.26. The van der Waals surface area contributed by atoms with Gasteiger partial charge in [-0.05, 0) is 30.2 Å². The van der Waals surface area contributed by atoms with Crippen molar-refractivity contribution in [3.05, 3.63) is 47.3 Å². The number of benzene rings is 1. The molecule has 1 heterocycles. The minimum atomic E-state index is -1.07. The maximum Gasteiger partial charge on any atom is 0.339 e. The second kappa shape index (κ2) is 6.75. The lowest BCUT2D eigenvalue weighted by atomic mass is 10.1. The van der Waals surface area contributed by atoms with Gasteiger partial charge in [0.25, 0.3) is 0 Å². The first-order valence-corrected chi connectivity index (χ1v) is 6.65. The molecule has 0 unspecified atom stereocenters. The van der Waals surface area contributed by atoms with Crippen LogP contribution in [0.1, 0.15) is 21.5 Å². The summed E-state index contributed by atoms with van der Waals surface area (Å²) < 4.78 is 6.53. The number of rotatable bonds is 6. The number of ether oxygens (including phenoxy) is 1. The van der Waals surface area contributed by atoms with Crippen molar-refractivity contribution in [2.45, 2.75) is 20.0 Å². The number of carbonyl (C=O) groups excluding carboxylic acids is 1. The first kappa shape index (κ1) is 15.6. The average Bonchev–Trinajstić information content (AvgIpc) is 2.89. The molecule has 0 aliphatic carbocycles. The Morgan fingerprint density at radius 2 is 2.18 bits per heavy atom. The topological polar surface area (TPSA) is 93.5 Å². The highest BCUT2D eigenvalue weighted by atomic mass is 16.5. The summed E-state index contributed by atoms with van der Waals surface area (Å²) in [7, 11) is 1.41. The van der Waals surface area contributed by atoms with Gasteiger partial charge in [-0.2, -0.15) is 5.10 Å². The number of aryl methyl sites for hydroxylation is 1. The van der Waals surface area contributed by atoms with E-state index in [1.165, 1.54) is 13.2 Å². The van der Waals surface area contributed by atoms with Crippen LogP contribution in [-0.2, 0) is 17.9 Å². The highest BCUT2D eigenvalue weighted by Crippen LogP contribution is 2.19. The van der Waals surface area contributed by atoms with Crippen molar-refractivity contribution < 1.29 is 19.4 Å². The standard InChI is InChI=1S/C15H17N3O4/c1-10-6-17-18(8-10)9-14(19)16-7-11-3-4-13(22-2)12(5-11)15(20)21/h3-6,8H,7,9H2,1-2H3,(H,16,19)(H,20,21). The minimum Gasteiger partial charge on any atom is -0.496 e. The fraction of sp³-hybridized carbons (Fsp3) is 0.267. The first-order valence-electron chi connectivity index (χ1n) is 6.65. The van der Waals surface area contributed by atoms with Crippen molar-refractivity contribution in [2.75, 3.05) is 7.11 Å². The Morgan fingerprint density at radius 1 is 1.41 bits per heavy atom. The molecule has 0 fully saturated rings. The molecule has 2 N–H and O–H groups in total. The first-order chi connectivity index (χ1) is 10.5. The van der Waals surface area contributed by atoms with E-state index in [0.717, 1.165) is 5.56 Å². The van der Waals surface area contributed by atoms with E-state index in [1.807, 2.05) is 6.92 Å². The minimum absolute atomic E-state index is 0.0666. The molecule has 1 aromatic heterocycles. The normalized spacial score (nSPS) is 10.3. The van der Waals surface area contributed by atoms with Crippen LogP contribution in [0.2, 0.25) is 0 Å². The van der Waals surface area contributed by atoms with Gasteiger partial charge in [-0.1, -0.05) is 6.07 Å². The number of carboxylic acid groups (broad SMARTS) is 1. The number of aromatic nitrogens is 2. The zero-order valence-corrected chi connectivity index (χ0v) is 12.4. The van der Waals surface area contributed by atoms with Gasteiger partial charge in [0.15, 0.2) is 0 Å². The molecule has 7 heteroatoms. The van der Waals surface area contributed by atoms with Crippen LogP contribution < -0.4 is 10.1 Å². The number of amides is 1. The SMILES string of the molecule is COc1ccc(CNC(=O)Cn2cc(C)cn2)cc1C(=O)O. The summed E-state index contributed by atoms with van der Waals surface area (Å²) >= 11 is 0. The van der Waals surface area contributed by atoms with Crippen molar-refractivity contribution in [1.82, 2.24) is 15.1 Å². The van der Waals surface area contributed by atoms with E-state index < -0.39 is 5.97 Å². The predicted molar refractivity (Wildman–Crippen MR) is 78.8 cm³/mol. The molecular formula is C15H17N3O4.